The minimum atomic E-state index is 0. The van der Waals surface area contributed by atoms with Crippen LogP contribution in [0.3, 0.4) is 0 Å². The van der Waals surface area contributed by atoms with E-state index >= 15 is 0 Å². The van der Waals surface area contributed by atoms with Gasteiger partial charge in [0, 0.05) is 38.6 Å². The predicted molar refractivity (Wildman–Crippen MR) is 126 cm³/mol. The number of aromatic nitrogens is 2. The molecular formula is C22H33Cl3N4. The summed E-state index contributed by atoms with van der Waals surface area (Å²) in [5.74, 6) is 2.46. The molecule has 0 spiro atoms. The molecule has 29 heavy (non-hydrogen) atoms. The summed E-state index contributed by atoms with van der Waals surface area (Å²) in [7, 11) is 2.28. The molecule has 1 aromatic heterocycles. The number of imidazole rings is 1. The zero-order valence-corrected chi connectivity index (χ0v) is 19.9. The Bertz CT molecular complexity index is 794. The normalized spacial score (nSPS) is 24.2. The molecule has 0 amide bonds. The maximum atomic E-state index is 6.41. The molecule has 3 atom stereocenters. The van der Waals surface area contributed by atoms with E-state index in [1.54, 1.807) is 0 Å². The van der Waals surface area contributed by atoms with Gasteiger partial charge in [-0.1, -0.05) is 49.2 Å². The van der Waals surface area contributed by atoms with Gasteiger partial charge < -0.3 is 4.98 Å². The summed E-state index contributed by atoms with van der Waals surface area (Å²) < 4.78 is 0. The maximum Gasteiger partial charge on any atom is 0.151 e. The van der Waals surface area contributed by atoms with Crippen LogP contribution >= 0.6 is 36.4 Å². The van der Waals surface area contributed by atoms with Gasteiger partial charge in [-0.15, -0.1) is 24.8 Å². The van der Waals surface area contributed by atoms with E-state index in [2.05, 4.69) is 64.9 Å². The Kier molecular flexibility index (Phi) is 8.87. The van der Waals surface area contributed by atoms with Gasteiger partial charge in [0.05, 0.1) is 5.69 Å². The van der Waals surface area contributed by atoms with Crippen molar-refractivity contribution in [3.63, 3.8) is 0 Å². The summed E-state index contributed by atoms with van der Waals surface area (Å²) in [6, 6.07) is 9.40. The molecule has 0 saturated carbocycles. The van der Waals surface area contributed by atoms with Crippen molar-refractivity contribution in [3.05, 3.63) is 52.1 Å². The Morgan fingerprint density at radius 2 is 1.93 bits per heavy atom. The number of unbranched alkanes of at least 4 members (excludes halogenated alkanes) is 1. The molecule has 2 fully saturated rings. The van der Waals surface area contributed by atoms with E-state index in [0.717, 1.165) is 49.9 Å². The standard InChI is InChI=1S/C22H31ClN4.2ClH/c1-4-5-10-20-24-19(22(23)25-20)14-27-12-16-11-26(3)21(18(16)13-27)17-9-7-6-8-15(17)2;;/h6-9,16,18,21H,4-5,10-14H2,1-3H3,(H,24,25);2*1H/t16-,18+,21-;;/m0../s1. The van der Waals surface area contributed by atoms with Crippen molar-refractivity contribution < 1.29 is 0 Å². The lowest BCUT2D eigenvalue weighted by Gasteiger charge is -2.28. The van der Waals surface area contributed by atoms with E-state index in [1.165, 1.54) is 24.1 Å². The van der Waals surface area contributed by atoms with Gasteiger partial charge >= 0.3 is 0 Å². The molecule has 2 saturated heterocycles. The van der Waals surface area contributed by atoms with Gasteiger partial charge in [-0.05, 0) is 43.4 Å². The number of aryl methyl sites for hydroxylation is 2. The Hall–Kier alpha value is -0.780. The maximum absolute atomic E-state index is 6.41. The molecule has 2 aromatic rings. The summed E-state index contributed by atoms with van der Waals surface area (Å²) in [6.07, 6.45) is 3.32. The van der Waals surface area contributed by atoms with E-state index in [9.17, 15) is 0 Å². The molecule has 4 rings (SSSR count). The summed E-state index contributed by atoms with van der Waals surface area (Å²) in [5.41, 5.74) is 3.99. The number of fused-ring (bicyclic) bond motifs is 1. The van der Waals surface area contributed by atoms with Crippen LogP contribution in [-0.2, 0) is 13.0 Å². The Balaban J connectivity index is 0.00000150. The van der Waals surface area contributed by atoms with Crippen LogP contribution < -0.4 is 0 Å². The van der Waals surface area contributed by atoms with Crippen molar-refractivity contribution in [1.82, 2.24) is 19.8 Å². The van der Waals surface area contributed by atoms with Gasteiger partial charge in [-0.2, -0.15) is 0 Å². The fraction of sp³-hybridized carbons (Fsp3) is 0.591. The fourth-order valence-corrected chi connectivity index (χ4v) is 5.31. The smallest absolute Gasteiger partial charge is 0.151 e. The van der Waals surface area contributed by atoms with Crippen molar-refractivity contribution in [3.8, 4) is 0 Å². The second kappa shape index (κ2) is 10.5. The highest BCUT2D eigenvalue weighted by molar-refractivity contribution is 6.30. The molecule has 1 N–H and O–H groups in total. The fourth-order valence-electron chi connectivity index (χ4n) is 5.10. The summed E-state index contributed by atoms with van der Waals surface area (Å²) in [5, 5.41) is 0.658. The number of aromatic amines is 1. The van der Waals surface area contributed by atoms with Gasteiger partial charge in [0.2, 0.25) is 0 Å². The summed E-state index contributed by atoms with van der Waals surface area (Å²) >= 11 is 6.41. The number of hydrogen-bond acceptors (Lipinski definition) is 3. The van der Waals surface area contributed by atoms with Gasteiger partial charge in [0.15, 0.2) is 5.15 Å². The molecule has 1 aromatic carbocycles. The molecule has 2 aliphatic heterocycles. The number of hydrogen-bond donors (Lipinski definition) is 1. The van der Waals surface area contributed by atoms with Crippen LogP contribution in [0.2, 0.25) is 5.15 Å². The Morgan fingerprint density at radius 3 is 2.66 bits per heavy atom. The van der Waals surface area contributed by atoms with Gasteiger partial charge in [0.1, 0.15) is 5.82 Å². The minimum Gasteiger partial charge on any atom is -0.344 e. The van der Waals surface area contributed by atoms with E-state index in [-0.39, 0.29) is 24.8 Å². The largest absolute Gasteiger partial charge is 0.344 e. The van der Waals surface area contributed by atoms with E-state index < -0.39 is 0 Å². The first kappa shape index (κ1) is 24.5. The van der Waals surface area contributed by atoms with Crippen LogP contribution in [0.4, 0.5) is 0 Å². The molecular weight excluding hydrogens is 427 g/mol. The molecule has 0 bridgehead atoms. The summed E-state index contributed by atoms with van der Waals surface area (Å²) in [6.45, 7) is 8.79. The average molecular weight is 460 g/mol. The average Bonchev–Trinajstić information content (AvgIpc) is 3.27. The third-order valence-corrected chi connectivity index (χ3v) is 6.72. The van der Waals surface area contributed by atoms with Gasteiger partial charge in [-0.25, -0.2) is 4.98 Å². The van der Waals surface area contributed by atoms with Crippen LogP contribution in [0.1, 0.15) is 48.5 Å². The monoisotopic (exact) mass is 458 g/mol. The number of H-pyrrole nitrogens is 1. The first-order valence-corrected chi connectivity index (χ1v) is 10.7. The molecule has 162 valence electrons. The number of benzene rings is 1. The van der Waals surface area contributed by atoms with Crippen LogP contribution in [0, 0.1) is 18.8 Å². The molecule has 4 nitrogen and oxygen atoms in total. The van der Waals surface area contributed by atoms with Crippen LogP contribution in [0.25, 0.3) is 0 Å². The van der Waals surface area contributed by atoms with Crippen molar-refractivity contribution in [1.29, 1.82) is 0 Å². The van der Waals surface area contributed by atoms with Gasteiger partial charge in [0.25, 0.3) is 0 Å². The van der Waals surface area contributed by atoms with Crippen LogP contribution in [0.5, 0.6) is 0 Å². The lowest BCUT2D eigenvalue weighted by Crippen LogP contribution is -2.29. The lowest BCUT2D eigenvalue weighted by molar-refractivity contribution is 0.223. The Labute approximate surface area is 192 Å². The quantitative estimate of drug-likeness (QED) is 0.637. The number of likely N-dealkylation sites (tertiary alicyclic amines) is 2. The highest BCUT2D eigenvalue weighted by Crippen LogP contribution is 2.45. The number of nitrogens with zero attached hydrogens (tertiary/aromatic N) is 3. The molecule has 0 unspecified atom stereocenters. The number of nitrogens with one attached hydrogen (secondary N) is 1. The second-order valence-electron chi connectivity index (χ2n) is 8.42. The predicted octanol–water partition coefficient (Wildman–Crippen LogP) is 5.29. The van der Waals surface area contributed by atoms with E-state index in [4.69, 9.17) is 11.6 Å². The first-order valence-electron chi connectivity index (χ1n) is 10.3. The van der Waals surface area contributed by atoms with Crippen LogP contribution in [-0.4, -0.2) is 46.4 Å². The Morgan fingerprint density at radius 1 is 1.17 bits per heavy atom. The third-order valence-electron chi connectivity index (χ3n) is 6.40. The zero-order valence-electron chi connectivity index (χ0n) is 17.5. The minimum absolute atomic E-state index is 0. The number of halogens is 3. The van der Waals surface area contributed by atoms with Crippen molar-refractivity contribution in [2.45, 2.75) is 45.7 Å². The molecule has 7 heteroatoms. The highest BCUT2D eigenvalue weighted by Gasteiger charge is 2.46. The molecule has 2 aliphatic rings. The summed E-state index contributed by atoms with van der Waals surface area (Å²) in [4.78, 5) is 13.1. The van der Waals surface area contributed by atoms with Crippen molar-refractivity contribution >= 4 is 36.4 Å². The zero-order chi connectivity index (χ0) is 19.0. The van der Waals surface area contributed by atoms with Crippen molar-refractivity contribution in [2.24, 2.45) is 11.8 Å². The lowest BCUT2D eigenvalue weighted by atomic mass is 9.88. The van der Waals surface area contributed by atoms with Crippen molar-refractivity contribution in [2.75, 3.05) is 26.7 Å². The topological polar surface area (TPSA) is 35.2 Å². The second-order valence-corrected chi connectivity index (χ2v) is 8.77. The molecule has 0 radical (unpaired) electrons. The first-order chi connectivity index (χ1) is 13.1. The highest BCUT2D eigenvalue weighted by atomic mass is 35.5. The SMILES string of the molecule is CCCCc1nc(Cl)c(CN2C[C@@H]3CN(C)[C@@H](c4ccccc4C)[C@@H]3C2)[nH]1.Cl.Cl. The number of rotatable bonds is 6. The third kappa shape index (κ3) is 5.11. The van der Waals surface area contributed by atoms with E-state index in [1.807, 2.05) is 0 Å². The van der Waals surface area contributed by atoms with Crippen LogP contribution in [0.15, 0.2) is 24.3 Å². The van der Waals surface area contributed by atoms with Gasteiger partial charge in [-0.3, -0.25) is 9.80 Å². The van der Waals surface area contributed by atoms with E-state index in [0.29, 0.717) is 17.1 Å². The molecule has 3 heterocycles. The molecule has 0 aliphatic carbocycles.